The number of hydrogen-bond donors (Lipinski definition) is 2. The average molecular weight is 232 g/mol. The van der Waals surface area contributed by atoms with Crippen molar-refractivity contribution in [2.45, 2.75) is 39.7 Å². The van der Waals surface area contributed by atoms with Crippen LogP contribution in [-0.2, 0) is 6.42 Å². The van der Waals surface area contributed by atoms with Crippen LogP contribution in [0.25, 0.3) is 0 Å². The first-order valence-corrected chi connectivity index (χ1v) is 6.68. The van der Waals surface area contributed by atoms with Gasteiger partial charge in [0.05, 0.1) is 0 Å². The van der Waals surface area contributed by atoms with Crippen molar-refractivity contribution in [2.24, 2.45) is 0 Å². The molecular formula is C15H24N2. The van der Waals surface area contributed by atoms with E-state index in [1.165, 1.54) is 35.2 Å². The minimum absolute atomic E-state index is 0.682. The van der Waals surface area contributed by atoms with Crippen molar-refractivity contribution in [1.82, 2.24) is 10.6 Å². The highest BCUT2D eigenvalue weighted by atomic mass is 15.0. The minimum Gasteiger partial charge on any atom is -0.315 e. The molecule has 1 atom stereocenters. The Kier molecular flexibility index (Phi) is 4.19. The summed E-state index contributed by atoms with van der Waals surface area (Å²) >= 11 is 0. The number of rotatable bonds is 4. The van der Waals surface area contributed by atoms with E-state index in [1.54, 1.807) is 0 Å². The summed E-state index contributed by atoms with van der Waals surface area (Å²) in [6.07, 6.45) is 2.41. The number of nitrogens with one attached hydrogen (secondary N) is 2. The maximum atomic E-state index is 3.63. The first kappa shape index (κ1) is 12.6. The fourth-order valence-electron chi connectivity index (χ4n) is 2.52. The van der Waals surface area contributed by atoms with Crippen molar-refractivity contribution >= 4 is 0 Å². The zero-order valence-corrected chi connectivity index (χ0v) is 11.3. The molecule has 1 aromatic carbocycles. The molecule has 1 fully saturated rings. The third-order valence-corrected chi connectivity index (χ3v) is 4.06. The van der Waals surface area contributed by atoms with E-state index in [9.17, 15) is 0 Å². The van der Waals surface area contributed by atoms with Crippen LogP contribution in [0.3, 0.4) is 0 Å². The molecule has 2 heteroatoms. The van der Waals surface area contributed by atoms with Gasteiger partial charge in [-0.25, -0.2) is 0 Å². The number of aryl methyl sites for hydroxylation is 1. The highest BCUT2D eigenvalue weighted by Crippen LogP contribution is 2.17. The van der Waals surface area contributed by atoms with Crippen LogP contribution in [0.4, 0.5) is 0 Å². The zero-order valence-electron chi connectivity index (χ0n) is 11.3. The van der Waals surface area contributed by atoms with Crippen LogP contribution < -0.4 is 10.6 Å². The second kappa shape index (κ2) is 5.65. The van der Waals surface area contributed by atoms with Gasteiger partial charge in [0.15, 0.2) is 0 Å². The lowest BCUT2D eigenvalue weighted by Crippen LogP contribution is -2.32. The van der Waals surface area contributed by atoms with Crippen molar-refractivity contribution in [3.8, 4) is 0 Å². The predicted octanol–water partition coefficient (Wildman–Crippen LogP) is 2.11. The molecule has 1 saturated heterocycles. The Labute approximate surface area is 105 Å². The van der Waals surface area contributed by atoms with Gasteiger partial charge in [0.25, 0.3) is 0 Å². The molecule has 1 aliphatic rings. The molecule has 1 aromatic rings. The normalized spacial score (nSPS) is 19.8. The molecule has 1 aliphatic heterocycles. The maximum Gasteiger partial charge on any atom is 0.0204 e. The smallest absolute Gasteiger partial charge is 0.0204 e. The average Bonchev–Trinajstić information content (AvgIpc) is 2.82. The molecule has 0 saturated carbocycles. The van der Waals surface area contributed by atoms with E-state index in [1.807, 2.05) is 0 Å². The minimum atomic E-state index is 0.682. The molecule has 0 radical (unpaired) electrons. The third kappa shape index (κ3) is 3.08. The van der Waals surface area contributed by atoms with Crippen LogP contribution in [0.5, 0.6) is 0 Å². The molecule has 0 aliphatic carbocycles. The van der Waals surface area contributed by atoms with Crippen molar-refractivity contribution < 1.29 is 0 Å². The van der Waals surface area contributed by atoms with Gasteiger partial charge in [0, 0.05) is 12.6 Å². The lowest BCUT2D eigenvalue weighted by atomic mass is 9.97. The lowest BCUT2D eigenvalue weighted by molar-refractivity contribution is 0.550. The second-order valence-corrected chi connectivity index (χ2v) is 5.19. The number of benzene rings is 1. The van der Waals surface area contributed by atoms with Crippen molar-refractivity contribution in [3.63, 3.8) is 0 Å². The van der Waals surface area contributed by atoms with Gasteiger partial charge in [-0.2, -0.15) is 0 Å². The quantitative estimate of drug-likeness (QED) is 0.831. The lowest BCUT2D eigenvalue weighted by Gasteiger charge is -2.14. The summed E-state index contributed by atoms with van der Waals surface area (Å²) in [6.45, 7) is 10.0. The van der Waals surface area contributed by atoms with E-state index >= 15 is 0 Å². The van der Waals surface area contributed by atoms with Gasteiger partial charge >= 0.3 is 0 Å². The molecule has 0 aromatic heterocycles. The van der Waals surface area contributed by atoms with Crippen molar-refractivity contribution in [1.29, 1.82) is 0 Å². The first-order valence-electron chi connectivity index (χ1n) is 6.68. The molecule has 0 bridgehead atoms. The third-order valence-electron chi connectivity index (χ3n) is 4.06. The van der Waals surface area contributed by atoms with Gasteiger partial charge in [-0.1, -0.05) is 12.1 Å². The molecule has 0 amide bonds. The Bertz CT molecular complexity index is 379. The highest BCUT2D eigenvalue weighted by molar-refractivity contribution is 5.38. The highest BCUT2D eigenvalue weighted by Gasteiger charge is 2.13. The van der Waals surface area contributed by atoms with Gasteiger partial charge < -0.3 is 10.6 Å². The van der Waals surface area contributed by atoms with Crippen LogP contribution in [0.15, 0.2) is 12.1 Å². The van der Waals surface area contributed by atoms with E-state index in [2.05, 4.69) is 43.5 Å². The van der Waals surface area contributed by atoms with Gasteiger partial charge in [0.1, 0.15) is 0 Å². The Morgan fingerprint density at radius 3 is 2.76 bits per heavy atom. The molecular weight excluding hydrogens is 208 g/mol. The molecule has 94 valence electrons. The monoisotopic (exact) mass is 232 g/mol. The summed E-state index contributed by atoms with van der Waals surface area (Å²) < 4.78 is 0. The SMILES string of the molecule is Cc1ccc(CCNC2CCNC2)c(C)c1C. The summed E-state index contributed by atoms with van der Waals surface area (Å²) in [5, 5.41) is 7.02. The molecule has 2 N–H and O–H groups in total. The fourth-order valence-corrected chi connectivity index (χ4v) is 2.52. The van der Waals surface area contributed by atoms with E-state index in [0.717, 1.165) is 19.5 Å². The molecule has 1 unspecified atom stereocenters. The van der Waals surface area contributed by atoms with Crippen LogP contribution in [0, 0.1) is 20.8 Å². The Morgan fingerprint density at radius 1 is 1.24 bits per heavy atom. The van der Waals surface area contributed by atoms with Crippen LogP contribution in [-0.4, -0.2) is 25.7 Å². The van der Waals surface area contributed by atoms with Crippen molar-refractivity contribution in [3.05, 3.63) is 34.4 Å². The molecule has 2 nitrogen and oxygen atoms in total. The Morgan fingerprint density at radius 2 is 2.06 bits per heavy atom. The molecule has 17 heavy (non-hydrogen) atoms. The number of hydrogen-bond acceptors (Lipinski definition) is 2. The Balaban J connectivity index is 1.88. The Hall–Kier alpha value is -0.860. The van der Waals surface area contributed by atoms with E-state index < -0.39 is 0 Å². The van der Waals surface area contributed by atoms with Crippen LogP contribution in [0.2, 0.25) is 0 Å². The largest absolute Gasteiger partial charge is 0.315 e. The second-order valence-electron chi connectivity index (χ2n) is 5.19. The molecule has 2 rings (SSSR count). The fraction of sp³-hybridized carbons (Fsp3) is 0.600. The first-order chi connectivity index (χ1) is 8.18. The van der Waals surface area contributed by atoms with E-state index in [-0.39, 0.29) is 0 Å². The van der Waals surface area contributed by atoms with E-state index in [4.69, 9.17) is 0 Å². The standard InChI is InChI=1S/C15H24N2/c1-11-4-5-14(13(3)12(11)2)6-9-17-15-7-8-16-10-15/h4-5,15-17H,6-10H2,1-3H3. The van der Waals surface area contributed by atoms with Crippen LogP contribution in [0.1, 0.15) is 28.7 Å². The molecule has 1 heterocycles. The molecule has 0 spiro atoms. The summed E-state index contributed by atoms with van der Waals surface area (Å²) in [7, 11) is 0. The van der Waals surface area contributed by atoms with Gasteiger partial charge in [-0.3, -0.25) is 0 Å². The summed E-state index contributed by atoms with van der Waals surface area (Å²) in [4.78, 5) is 0. The van der Waals surface area contributed by atoms with Gasteiger partial charge in [-0.15, -0.1) is 0 Å². The summed E-state index contributed by atoms with van der Waals surface area (Å²) in [6, 6.07) is 5.21. The van der Waals surface area contributed by atoms with Gasteiger partial charge in [-0.05, 0) is 69.0 Å². The van der Waals surface area contributed by atoms with E-state index in [0.29, 0.717) is 6.04 Å². The predicted molar refractivity (Wildman–Crippen MR) is 73.6 cm³/mol. The zero-order chi connectivity index (χ0) is 12.3. The van der Waals surface area contributed by atoms with Crippen LogP contribution >= 0.6 is 0 Å². The summed E-state index contributed by atoms with van der Waals surface area (Å²) in [5.74, 6) is 0. The van der Waals surface area contributed by atoms with Gasteiger partial charge in [0.2, 0.25) is 0 Å². The summed E-state index contributed by atoms with van der Waals surface area (Å²) in [5.41, 5.74) is 5.81. The topological polar surface area (TPSA) is 24.1 Å². The maximum absolute atomic E-state index is 3.63. The van der Waals surface area contributed by atoms with Crippen molar-refractivity contribution in [2.75, 3.05) is 19.6 Å².